The molecule has 0 spiro atoms. The van der Waals surface area contributed by atoms with Crippen molar-refractivity contribution in [2.45, 2.75) is 5.16 Å². The number of nitrogens with zero attached hydrogens (tertiary/aromatic N) is 3. The minimum Gasteiger partial charge on any atom is -0.508 e. The number of benzene rings is 2. The third kappa shape index (κ3) is 4.32. The number of phenols is 1. The van der Waals surface area contributed by atoms with Gasteiger partial charge in [-0.25, -0.2) is 0 Å². The zero-order chi connectivity index (χ0) is 17.8. The largest absolute Gasteiger partial charge is 0.508 e. The van der Waals surface area contributed by atoms with Crippen LogP contribution in [0.2, 0.25) is 5.02 Å². The normalized spacial score (nSPS) is 10.6. The molecule has 0 saturated heterocycles. The number of anilines is 1. The molecule has 0 aliphatic rings. The topological polar surface area (TPSA) is 80.0 Å². The number of hydrogen-bond acceptors (Lipinski definition) is 5. The lowest BCUT2D eigenvalue weighted by atomic mass is 10.2. The van der Waals surface area contributed by atoms with E-state index in [4.69, 9.17) is 11.6 Å². The summed E-state index contributed by atoms with van der Waals surface area (Å²) >= 11 is 7.12. The number of aromatic hydroxyl groups is 1. The van der Waals surface area contributed by atoms with E-state index in [1.165, 1.54) is 11.8 Å². The van der Waals surface area contributed by atoms with E-state index in [0.29, 0.717) is 21.7 Å². The Kier molecular flexibility index (Phi) is 5.25. The molecule has 1 heterocycles. The van der Waals surface area contributed by atoms with Crippen molar-refractivity contribution in [1.82, 2.24) is 14.8 Å². The van der Waals surface area contributed by atoms with Crippen LogP contribution < -0.4 is 5.32 Å². The van der Waals surface area contributed by atoms with Gasteiger partial charge in [0.1, 0.15) is 5.75 Å². The first-order valence-electron chi connectivity index (χ1n) is 7.40. The number of carbonyl (C=O) groups excluding carboxylic acids is 1. The van der Waals surface area contributed by atoms with Crippen LogP contribution in [0.3, 0.4) is 0 Å². The molecule has 6 nitrogen and oxygen atoms in total. The molecule has 0 radical (unpaired) electrons. The number of thioether (sulfide) groups is 1. The highest BCUT2D eigenvalue weighted by molar-refractivity contribution is 7.99. The second-order valence-electron chi connectivity index (χ2n) is 5.26. The fraction of sp³-hybridized carbons (Fsp3) is 0.118. The number of halogens is 1. The number of nitrogens with one attached hydrogen (secondary N) is 1. The molecule has 0 saturated carbocycles. The lowest BCUT2D eigenvalue weighted by Gasteiger charge is -2.06. The third-order valence-electron chi connectivity index (χ3n) is 3.42. The van der Waals surface area contributed by atoms with E-state index >= 15 is 0 Å². The van der Waals surface area contributed by atoms with Gasteiger partial charge in [-0.05, 0) is 48.5 Å². The Labute approximate surface area is 153 Å². The van der Waals surface area contributed by atoms with Crippen LogP contribution in [0.25, 0.3) is 11.4 Å². The van der Waals surface area contributed by atoms with Crippen LogP contribution in [-0.4, -0.2) is 31.5 Å². The Hall–Kier alpha value is -2.51. The lowest BCUT2D eigenvalue weighted by molar-refractivity contribution is -0.113. The summed E-state index contributed by atoms with van der Waals surface area (Å²) in [5, 5.41) is 21.7. The molecule has 0 bridgehead atoms. The summed E-state index contributed by atoms with van der Waals surface area (Å²) in [7, 11) is 1.83. The minimum atomic E-state index is -0.137. The smallest absolute Gasteiger partial charge is 0.234 e. The van der Waals surface area contributed by atoms with Gasteiger partial charge in [-0.1, -0.05) is 23.4 Å². The van der Waals surface area contributed by atoms with Gasteiger partial charge in [-0.2, -0.15) is 0 Å². The average Bonchev–Trinajstić information content (AvgIpc) is 2.97. The maximum absolute atomic E-state index is 12.0. The summed E-state index contributed by atoms with van der Waals surface area (Å²) in [6.07, 6.45) is 0. The fourth-order valence-corrected chi connectivity index (χ4v) is 3.00. The molecule has 8 heteroatoms. The van der Waals surface area contributed by atoms with Gasteiger partial charge in [0.25, 0.3) is 0 Å². The molecule has 0 aliphatic carbocycles. The van der Waals surface area contributed by atoms with Gasteiger partial charge in [0, 0.05) is 23.3 Å². The molecule has 0 fully saturated rings. The molecule has 1 aromatic heterocycles. The van der Waals surface area contributed by atoms with E-state index in [9.17, 15) is 9.90 Å². The van der Waals surface area contributed by atoms with E-state index in [-0.39, 0.29) is 17.4 Å². The highest BCUT2D eigenvalue weighted by Crippen LogP contribution is 2.24. The summed E-state index contributed by atoms with van der Waals surface area (Å²) < 4.78 is 1.81. The third-order valence-corrected chi connectivity index (χ3v) is 4.69. The van der Waals surface area contributed by atoms with E-state index < -0.39 is 0 Å². The van der Waals surface area contributed by atoms with Gasteiger partial charge in [0.05, 0.1) is 5.75 Å². The molecule has 0 atom stereocenters. The molecule has 2 aromatic carbocycles. The molecule has 25 heavy (non-hydrogen) atoms. The van der Waals surface area contributed by atoms with Crippen LogP contribution in [0, 0.1) is 0 Å². The van der Waals surface area contributed by atoms with E-state index in [2.05, 4.69) is 15.5 Å². The molecule has 0 unspecified atom stereocenters. The Morgan fingerprint density at radius 3 is 2.52 bits per heavy atom. The van der Waals surface area contributed by atoms with Gasteiger partial charge in [-0.3, -0.25) is 4.79 Å². The van der Waals surface area contributed by atoms with E-state index in [0.717, 1.165) is 5.56 Å². The van der Waals surface area contributed by atoms with Crippen molar-refractivity contribution in [2.75, 3.05) is 11.1 Å². The van der Waals surface area contributed by atoms with Gasteiger partial charge in [0.15, 0.2) is 11.0 Å². The van der Waals surface area contributed by atoms with Crippen LogP contribution in [0.4, 0.5) is 5.69 Å². The summed E-state index contributed by atoms with van der Waals surface area (Å²) in [5.74, 6) is 0.936. The highest BCUT2D eigenvalue weighted by Gasteiger charge is 2.13. The van der Waals surface area contributed by atoms with Crippen molar-refractivity contribution < 1.29 is 9.90 Å². The molecular formula is C17H15ClN4O2S. The molecule has 128 valence electrons. The number of carbonyl (C=O) groups is 1. The molecule has 0 aliphatic heterocycles. The van der Waals surface area contributed by atoms with Crippen LogP contribution >= 0.6 is 23.4 Å². The minimum absolute atomic E-state index is 0.137. The molecule has 2 N–H and O–H groups in total. The van der Waals surface area contributed by atoms with Gasteiger partial charge < -0.3 is 15.0 Å². The van der Waals surface area contributed by atoms with Crippen molar-refractivity contribution >= 4 is 35.0 Å². The predicted molar refractivity (Wildman–Crippen MR) is 98.9 cm³/mol. The summed E-state index contributed by atoms with van der Waals surface area (Å²) in [6.45, 7) is 0. The molecule has 1 amide bonds. The molecule has 3 rings (SSSR count). The van der Waals surface area contributed by atoms with Crippen molar-refractivity contribution in [1.29, 1.82) is 0 Å². The number of hydrogen-bond donors (Lipinski definition) is 2. The van der Waals surface area contributed by atoms with Crippen LogP contribution in [0.5, 0.6) is 5.75 Å². The van der Waals surface area contributed by atoms with Crippen molar-refractivity contribution in [3.05, 3.63) is 53.6 Å². The monoisotopic (exact) mass is 374 g/mol. The standard InChI is InChI=1S/C17H15ClN4O2S/c1-22-16(11-2-8-14(23)9-3-11)20-21-17(22)25-10-15(24)19-13-6-4-12(18)5-7-13/h2-9,23H,10H2,1H3,(H,19,24). The van der Waals surface area contributed by atoms with Crippen molar-refractivity contribution in [3.8, 4) is 17.1 Å². The van der Waals surface area contributed by atoms with Crippen molar-refractivity contribution in [3.63, 3.8) is 0 Å². The molecular weight excluding hydrogens is 360 g/mol. The Morgan fingerprint density at radius 1 is 1.16 bits per heavy atom. The zero-order valence-corrected chi connectivity index (χ0v) is 14.9. The summed E-state index contributed by atoms with van der Waals surface area (Å²) in [4.78, 5) is 12.0. The number of amides is 1. The van der Waals surface area contributed by atoms with Gasteiger partial charge in [0.2, 0.25) is 5.91 Å². The Bertz CT molecular complexity index is 879. The van der Waals surface area contributed by atoms with Crippen LogP contribution in [-0.2, 0) is 11.8 Å². The quantitative estimate of drug-likeness (QED) is 0.667. The maximum atomic E-state index is 12.0. The van der Waals surface area contributed by atoms with Crippen molar-refractivity contribution in [2.24, 2.45) is 7.05 Å². The average molecular weight is 375 g/mol. The maximum Gasteiger partial charge on any atom is 0.234 e. The number of rotatable bonds is 5. The zero-order valence-electron chi connectivity index (χ0n) is 13.3. The van der Waals surface area contributed by atoms with Gasteiger partial charge in [-0.15, -0.1) is 10.2 Å². The first kappa shape index (κ1) is 17.3. The summed E-state index contributed by atoms with van der Waals surface area (Å²) in [6, 6.07) is 13.6. The Morgan fingerprint density at radius 2 is 1.84 bits per heavy atom. The summed E-state index contributed by atoms with van der Waals surface area (Å²) in [5.41, 5.74) is 1.53. The number of aromatic nitrogens is 3. The van der Waals surface area contributed by atoms with E-state index in [1.54, 1.807) is 48.5 Å². The number of phenolic OH excluding ortho intramolecular Hbond substituents is 1. The second kappa shape index (κ2) is 7.58. The second-order valence-corrected chi connectivity index (χ2v) is 6.63. The van der Waals surface area contributed by atoms with Crippen LogP contribution in [0.1, 0.15) is 0 Å². The fourth-order valence-electron chi connectivity index (χ4n) is 2.16. The van der Waals surface area contributed by atoms with Gasteiger partial charge >= 0.3 is 0 Å². The van der Waals surface area contributed by atoms with Crippen LogP contribution in [0.15, 0.2) is 53.7 Å². The predicted octanol–water partition coefficient (Wildman–Crippen LogP) is 3.57. The highest BCUT2D eigenvalue weighted by atomic mass is 35.5. The first-order chi connectivity index (χ1) is 12.0. The SMILES string of the molecule is Cn1c(SCC(=O)Nc2ccc(Cl)cc2)nnc1-c1ccc(O)cc1. The molecule has 3 aromatic rings. The first-order valence-corrected chi connectivity index (χ1v) is 8.76. The van der Waals surface area contributed by atoms with E-state index in [1.807, 2.05) is 11.6 Å². The Balaban J connectivity index is 1.62. The lowest BCUT2D eigenvalue weighted by Crippen LogP contribution is -2.14.